The molecule has 0 amide bonds. The number of rotatable bonds is 12. The van der Waals surface area contributed by atoms with Crippen LogP contribution in [-0.4, -0.2) is 73.8 Å². The predicted octanol–water partition coefficient (Wildman–Crippen LogP) is 1.97. The summed E-state index contributed by atoms with van der Waals surface area (Å²) >= 11 is -1.51. The van der Waals surface area contributed by atoms with E-state index in [2.05, 4.69) is 0 Å². The standard InChI is InChI=1S/C25H29NO8S3/c26-20-14-21(35(30)11-1-8-27)17-5-7-19-23(37(33,34)13-3-10-29)15-22(36(31,32)12-2-9-28)18-6-4-16(20)24(17)25(18)19/h4-7,14-15,27-29H,1-3,8-13,26H2. The van der Waals surface area contributed by atoms with Crippen molar-refractivity contribution in [2.45, 2.75) is 33.9 Å². The highest BCUT2D eigenvalue weighted by atomic mass is 32.2. The number of nitrogen functional groups attached to an aromatic ring is 1. The van der Waals surface area contributed by atoms with E-state index in [-0.39, 0.29) is 59.7 Å². The Morgan fingerprint density at radius 3 is 1.68 bits per heavy atom. The normalized spacial score (nSPS) is 13.7. The van der Waals surface area contributed by atoms with Crippen LogP contribution in [0.25, 0.3) is 32.3 Å². The third-order valence-corrected chi connectivity index (χ3v) is 11.5. The maximum atomic E-state index is 13.3. The summed E-state index contributed by atoms with van der Waals surface area (Å²) in [6.45, 7) is -0.810. The fraction of sp³-hybridized carbons (Fsp3) is 0.360. The summed E-state index contributed by atoms with van der Waals surface area (Å²) < 4.78 is 66.5. The molecule has 1 unspecified atom stereocenters. The van der Waals surface area contributed by atoms with Gasteiger partial charge in [0.1, 0.15) is 5.75 Å². The van der Waals surface area contributed by atoms with Gasteiger partial charge in [-0.1, -0.05) is 18.2 Å². The predicted molar refractivity (Wildman–Crippen MR) is 145 cm³/mol. The number of benzene rings is 4. The Kier molecular flexibility index (Phi) is 8.19. The van der Waals surface area contributed by atoms with Crippen molar-refractivity contribution in [1.29, 1.82) is 0 Å². The number of anilines is 1. The van der Waals surface area contributed by atoms with Crippen LogP contribution in [0.3, 0.4) is 0 Å². The smallest absolute Gasteiger partial charge is 0.179 e. The molecule has 0 fully saturated rings. The molecular formula is C25H29NO8S3. The number of sulfone groups is 2. The van der Waals surface area contributed by atoms with Gasteiger partial charge in [0.15, 0.2) is 24.6 Å². The third-order valence-electron chi connectivity index (χ3n) is 6.36. The van der Waals surface area contributed by atoms with Crippen LogP contribution < -0.4 is 5.73 Å². The molecule has 0 radical (unpaired) electrons. The molecule has 5 N–H and O–H groups in total. The Morgan fingerprint density at radius 1 is 0.703 bits per heavy atom. The first-order chi connectivity index (χ1) is 17.6. The Bertz CT molecular complexity index is 1590. The molecule has 4 aromatic rings. The largest absolute Gasteiger partial charge is 0.611 e. The molecule has 0 aliphatic heterocycles. The molecule has 37 heavy (non-hydrogen) atoms. The fourth-order valence-corrected chi connectivity index (χ4v) is 9.08. The summed E-state index contributed by atoms with van der Waals surface area (Å²) in [6.07, 6.45) is 0.282. The first-order valence-corrected chi connectivity index (χ1v) is 16.4. The summed E-state index contributed by atoms with van der Waals surface area (Å²) in [6, 6.07) is 9.30. The summed E-state index contributed by atoms with van der Waals surface area (Å²) in [5.74, 6) is -0.550. The molecule has 12 heteroatoms. The van der Waals surface area contributed by atoms with Gasteiger partial charge in [0.25, 0.3) is 0 Å². The highest BCUT2D eigenvalue weighted by Crippen LogP contribution is 2.44. The number of hydrogen-bond donors (Lipinski definition) is 4. The molecule has 9 nitrogen and oxygen atoms in total. The topological polar surface area (TPSA) is 178 Å². The molecule has 0 saturated carbocycles. The van der Waals surface area contributed by atoms with Gasteiger partial charge in [-0.25, -0.2) is 16.8 Å². The van der Waals surface area contributed by atoms with E-state index in [0.717, 1.165) is 0 Å². The van der Waals surface area contributed by atoms with E-state index in [1.165, 1.54) is 6.07 Å². The Balaban J connectivity index is 2.17. The molecule has 0 aromatic heterocycles. The minimum absolute atomic E-state index is 0.0160. The summed E-state index contributed by atoms with van der Waals surface area (Å²) in [5.41, 5.74) is 6.65. The van der Waals surface area contributed by atoms with Crippen molar-refractivity contribution in [2.75, 3.05) is 42.8 Å². The van der Waals surface area contributed by atoms with Crippen LogP contribution in [0.5, 0.6) is 0 Å². The summed E-state index contributed by atoms with van der Waals surface area (Å²) in [7, 11) is -7.98. The van der Waals surface area contributed by atoms with E-state index in [1.807, 2.05) is 0 Å². The molecule has 200 valence electrons. The van der Waals surface area contributed by atoms with Crippen LogP contribution in [0.1, 0.15) is 19.3 Å². The van der Waals surface area contributed by atoms with E-state index < -0.39 is 30.9 Å². The van der Waals surface area contributed by atoms with Gasteiger partial charge in [-0.2, -0.15) is 0 Å². The SMILES string of the molecule is Nc1cc([S+]([O-])CCCO)c2ccc3c(S(=O)(=O)CCCO)cc(S(=O)(=O)CCCO)c4ccc1c2c43. The van der Waals surface area contributed by atoms with Gasteiger partial charge in [0.2, 0.25) is 0 Å². The second-order valence-corrected chi connectivity index (χ2v) is 14.5. The average molecular weight is 568 g/mol. The van der Waals surface area contributed by atoms with E-state index in [1.54, 1.807) is 30.3 Å². The zero-order valence-corrected chi connectivity index (χ0v) is 22.5. The first-order valence-electron chi connectivity index (χ1n) is 11.8. The quantitative estimate of drug-likeness (QED) is 0.113. The van der Waals surface area contributed by atoms with Crippen LogP contribution >= 0.6 is 0 Å². The Morgan fingerprint density at radius 2 is 1.16 bits per heavy atom. The van der Waals surface area contributed by atoms with Crippen molar-refractivity contribution < 1.29 is 36.7 Å². The van der Waals surface area contributed by atoms with Crippen LogP contribution in [0.2, 0.25) is 0 Å². The van der Waals surface area contributed by atoms with Crippen molar-refractivity contribution in [2.24, 2.45) is 0 Å². The highest BCUT2D eigenvalue weighted by Gasteiger charge is 2.29. The molecule has 4 rings (SSSR count). The second kappa shape index (κ2) is 10.9. The molecule has 0 spiro atoms. The van der Waals surface area contributed by atoms with Gasteiger partial charge < -0.3 is 25.6 Å². The van der Waals surface area contributed by atoms with Crippen LogP contribution in [0, 0.1) is 0 Å². The number of aliphatic hydroxyl groups is 3. The van der Waals surface area contributed by atoms with Gasteiger partial charge >= 0.3 is 0 Å². The van der Waals surface area contributed by atoms with Gasteiger partial charge in [0, 0.05) is 70.3 Å². The molecule has 1 atom stereocenters. The highest BCUT2D eigenvalue weighted by molar-refractivity contribution is 7.92. The third kappa shape index (κ3) is 5.11. The zero-order chi connectivity index (χ0) is 27.0. The van der Waals surface area contributed by atoms with Gasteiger partial charge in [-0.3, -0.25) is 0 Å². The number of nitrogens with two attached hydrogens (primary N) is 1. The average Bonchev–Trinajstić information content (AvgIpc) is 2.88. The maximum absolute atomic E-state index is 13.3. The molecule has 4 aromatic carbocycles. The Labute approximate surface area is 218 Å². The lowest BCUT2D eigenvalue weighted by Crippen LogP contribution is -2.14. The minimum Gasteiger partial charge on any atom is -0.611 e. The van der Waals surface area contributed by atoms with Crippen molar-refractivity contribution in [1.82, 2.24) is 0 Å². The van der Waals surface area contributed by atoms with Crippen LogP contribution in [0.4, 0.5) is 5.69 Å². The summed E-state index contributed by atoms with van der Waals surface area (Å²) in [5, 5.41) is 30.3. The van der Waals surface area contributed by atoms with Gasteiger partial charge in [0.05, 0.1) is 21.3 Å². The van der Waals surface area contributed by atoms with Gasteiger partial charge in [-0.05, 0) is 36.2 Å². The molecule has 0 aliphatic carbocycles. The fourth-order valence-electron chi connectivity index (χ4n) is 4.66. The maximum Gasteiger partial charge on any atom is 0.179 e. The molecule has 0 saturated heterocycles. The Hall–Kier alpha value is -2.19. The molecule has 0 heterocycles. The van der Waals surface area contributed by atoms with Crippen molar-refractivity contribution in [3.8, 4) is 0 Å². The minimum atomic E-state index is -3.99. The van der Waals surface area contributed by atoms with E-state index in [0.29, 0.717) is 49.3 Å². The van der Waals surface area contributed by atoms with E-state index in [9.17, 15) is 36.7 Å². The first kappa shape index (κ1) is 27.8. The summed E-state index contributed by atoms with van der Waals surface area (Å²) in [4.78, 5) is 0.0812. The lowest BCUT2D eigenvalue weighted by atomic mass is 9.93. The van der Waals surface area contributed by atoms with Crippen molar-refractivity contribution in [3.63, 3.8) is 0 Å². The van der Waals surface area contributed by atoms with Crippen LogP contribution in [0.15, 0.2) is 51.1 Å². The van der Waals surface area contributed by atoms with E-state index in [4.69, 9.17) is 5.73 Å². The molecular weight excluding hydrogens is 538 g/mol. The van der Waals surface area contributed by atoms with Crippen molar-refractivity contribution in [3.05, 3.63) is 36.4 Å². The lowest BCUT2D eigenvalue weighted by Gasteiger charge is -2.20. The van der Waals surface area contributed by atoms with Crippen molar-refractivity contribution >= 4 is 68.9 Å². The van der Waals surface area contributed by atoms with E-state index >= 15 is 0 Å². The number of aliphatic hydroxyl groups excluding tert-OH is 3. The van der Waals surface area contributed by atoms with Crippen LogP contribution in [-0.2, 0) is 30.9 Å². The second-order valence-electron chi connectivity index (χ2n) is 8.83. The van der Waals surface area contributed by atoms with Gasteiger partial charge in [-0.15, -0.1) is 0 Å². The molecule has 0 bridgehead atoms. The number of hydrogen-bond acceptors (Lipinski definition) is 9. The zero-order valence-electron chi connectivity index (χ0n) is 20.0. The lowest BCUT2D eigenvalue weighted by molar-refractivity contribution is 0.295. The monoisotopic (exact) mass is 567 g/mol. The molecule has 0 aliphatic rings.